The van der Waals surface area contributed by atoms with E-state index in [2.05, 4.69) is 48.2 Å². The summed E-state index contributed by atoms with van der Waals surface area (Å²) in [5.74, 6) is 0. The molecule has 1 aliphatic heterocycles. The summed E-state index contributed by atoms with van der Waals surface area (Å²) < 4.78 is 5.40. The molecule has 1 saturated heterocycles. The van der Waals surface area contributed by atoms with Gasteiger partial charge in [0.25, 0.3) is 0 Å². The van der Waals surface area contributed by atoms with Crippen LogP contribution in [-0.2, 0) is 17.7 Å². The fourth-order valence-electron chi connectivity index (χ4n) is 2.50. The van der Waals surface area contributed by atoms with E-state index in [4.69, 9.17) is 4.74 Å². The molecule has 0 unspecified atom stereocenters. The molecule has 0 N–H and O–H groups in total. The largest absolute Gasteiger partial charge is 0.379 e. The molecule has 1 aromatic carbocycles. The summed E-state index contributed by atoms with van der Waals surface area (Å²) in [6.07, 6.45) is 1.10. The van der Waals surface area contributed by atoms with Crippen LogP contribution >= 0.6 is 11.3 Å². The van der Waals surface area contributed by atoms with Crippen molar-refractivity contribution in [2.75, 3.05) is 26.3 Å². The van der Waals surface area contributed by atoms with Crippen LogP contribution in [0.1, 0.15) is 17.4 Å². The Hall–Kier alpha value is -1.16. The molecule has 0 saturated carbocycles. The van der Waals surface area contributed by atoms with E-state index in [1.165, 1.54) is 20.9 Å². The molecule has 0 amide bonds. The van der Waals surface area contributed by atoms with Crippen LogP contribution in [0, 0.1) is 0 Å². The monoisotopic (exact) mass is 287 g/mol. The van der Waals surface area contributed by atoms with Gasteiger partial charge in [-0.1, -0.05) is 31.2 Å². The smallest absolute Gasteiger partial charge is 0.0594 e. The van der Waals surface area contributed by atoms with Crippen LogP contribution in [0.2, 0.25) is 0 Å². The van der Waals surface area contributed by atoms with E-state index in [-0.39, 0.29) is 0 Å². The van der Waals surface area contributed by atoms with Gasteiger partial charge in [-0.2, -0.15) is 0 Å². The number of hydrogen-bond acceptors (Lipinski definition) is 3. The van der Waals surface area contributed by atoms with Crippen molar-refractivity contribution >= 4 is 11.3 Å². The Bertz CT molecular complexity index is 540. The van der Waals surface area contributed by atoms with Crippen LogP contribution < -0.4 is 0 Å². The average molecular weight is 287 g/mol. The predicted octanol–water partition coefficient (Wildman–Crippen LogP) is 3.81. The van der Waals surface area contributed by atoms with Crippen LogP contribution in [0.4, 0.5) is 0 Å². The molecule has 2 heterocycles. The molecule has 2 nitrogen and oxygen atoms in total. The molecule has 0 aliphatic carbocycles. The molecule has 20 heavy (non-hydrogen) atoms. The highest BCUT2D eigenvalue weighted by Gasteiger charge is 2.12. The Morgan fingerprint density at radius 1 is 1.05 bits per heavy atom. The van der Waals surface area contributed by atoms with Gasteiger partial charge in [0.1, 0.15) is 0 Å². The van der Waals surface area contributed by atoms with Crippen molar-refractivity contribution in [2.24, 2.45) is 0 Å². The lowest BCUT2D eigenvalue weighted by Gasteiger charge is -2.25. The van der Waals surface area contributed by atoms with Crippen molar-refractivity contribution in [1.82, 2.24) is 4.90 Å². The summed E-state index contributed by atoms with van der Waals surface area (Å²) in [6, 6.07) is 13.5. The van der Waals surface area contributed by atoms with Crippen LogP contribution in [-0.4, -0.2) is 31.2 Å². The number of hydrogen-bond donors (Lipinski definition) is 0. The second-order valence-electron chi connectivity index (χ2n) is 5.20. The maximum absolute atomic E-state index is 5.40. The number of rotatable bonds is 4. The fourth-order valence-corrected chi connectivity index (χ4v) is 3.56. The Balaban J connectivity index is 1.68. The zero-order valence-electron chi connectivity index (χ0n) is 12.0. The van der Waals surface area contributed by atoms with E-state index in [9.17, 15) is 0 Å². The highest BCUT2D eigenvalue weighted by Crippen LogP contribution is 2.29. The van der Waals surface area contributed by atoms with E-state index in [1.54, 1.807) is 0 Å². The second-order valence-corrected chi connectivity index (χ2v) is 6.37. The lowest BCUT2D eigenvalue weighted by molar-refractivity contribution is 0.0346. The third kappa shape index (κ3) is 3.29. The molecule has 1 fully saturated rings. The molecule has 0 radical (unpaired) electrons. The summed E-state index contributed by atoms with van der Waals surface area (Å²) in [6.45, 7) is 7.10. The third-order valence-electron chi connectivity index (χ3n) is 3.79. The topological polar surface area (TPSA) is 12.5 Å². The zero-order valence-corrected chi connectivity index (χ0v) is 12.8. The molecule has 2 aromatic rings. The second kappa shape index (κ2) is 6.53. The normalized spacial score (nSPS) is 16.4. The van der Waals surface area contributed by atoms with Gasteiger partial charge in [0.2, 0.25) is 0 Å². The zero-order chi connectivity index (χ0) is 13.8. The summed E-state index contributed by atoms with van der Waals surface area (Å²) in [7, 11) is 0. The van der Waals surface area contributed by atoms with Gasteiger partial charge in [0, 0.05) is 29.4 Å². The van der Waals surface area contributed by atoms with Crippen LogP contribution in [0.25, 0.3) is 10.4 Å². The number of benzene rings is 1. The van der Waals surface area contributed by atoms with Crippen molar-refractivity contribution < 1.29 is 4.74 Å². The van der Waals surface area contributed by atoms with Crippen LogP contribution in [0.15, 0.2) is 36.4 Å². The molecule has 0 bridgehead atoms. The lowest BCUT2D eigenvalue weighted by Crippen LogP contribution is -2.35. The van der Waals surface area contributed by atoms with Crippen molar-refractivity contribution in [3.63, 3.8) is 0 Å². The summed E-state index contributed by atoms with van der Waals surface area (Å²) in [4.78, 5) is 5.29. The average Bonchev–Trinajstić information content (AvgIpc) is 2.97. The maximum atomic E-state index is 5.40. The molecular formula is C17H21NOS. The Morgan fingerprint density at radius 2 is 1.80 bits per heavy atom. The van der Waals surface area contributed by atoms with Crippen molar-refractivity contribution in [3.05, 3.63) is 46.8 Å². The van der Waals surface area contributed by atoms with E-state index in [0.717, 1.165) is 39.3 Å². The highest BCUT2D eigenvalue weighted by atomic mass is 32.1. The first-order valence-electron chi connectivity index (χ1n) is 7.33. The Labute approximate surface area is 125 Å². The summed E-state index contributed by atoms with van der Waals surface area (Å²) in [5.41, 5.74) is 2.74. The van der Waals surface area contributed by atoms with Crippen LogP contribution in [0.3, 0.4) is 0 Å². The predicted molar refractivity (Wildman–Crippen MR) is 85.2 cm³/mol. The number of thiophene rings is 1. The molecule has 0 spiro atoms. The molecule has 1 aromatic heterocycles. The number of ether oxygens (including phenoxy) is 1. The highest BCUT2D eigenvalue weighted by molar-refractivity contribution is 7.15. The van der Waals surface area contributed by atoms with Gasteiger partial charge < -0.3 is 4.74 Å². The molecule has 1 aliphatic rings. The molecule has 3 rings (SSSR count). The van der Waals surface area contributed by atoms with Crippen molar-refractivity contribution in [3.8, 4) is 10.4 Å². The molecule has 3 heteroatoms. The molecule has 0 atom stereocenters. The van der Waals surface area contributed by atoms with Crippen molar-refractivity contribution in [2.45, 2.75) is 19.9 Å². The van der Waals surface area contributed by atoms with Gasteiger partial charge in [-0.05, 0) is 29.7 Å². The van der Waals surface area contributed by atoms with Crippen LogP contribution in [0.5, 0.6) is 0 Å². The van der Waals surface area contributed by atoms with Gasteiger partial charge in [-0.15, -0.1) is 11.3 Å². The first kappa shape index (κ1) is 13.8. The van der Waals surface area contributed by atoms with E-state index in [1.807, 2.05) is 11.3 Å². The first-order chi connectivity index (χ1) is 9.85. The maximum Gasteiger partial charge on any atom is 0.0594 e. The Morgan fingerprint density at radius 3 is 2.50 bits per heavy atom. The molecular weight excluding hydrogens is 266 g/mol. The van der Waals surface area contributed by atoms with E-state index in [0.29, 0.717) is 0 Å². The molecule has 106 valence electrons. The van der Waals surface area contributed by atoms with Crippen molar-refractivity contribution in [1.29, 1.82) is 0 Å². The fraction of sp³-hybridized carbons (Fsp3) is 0.412. The number of nitrogens with zero attached hydrogens (tertiary/aromatic N) is 1. The summed E-state index contributed by atoms with van der Waals surface area (Å²) >= 11 is 1.91. The quantitative estimate of drug-likeness (QED) is 0.848. The minimum absolute atomic E-state index is 0.872. The van der Waals surface area contributed by atoms with Gasteiger partial charge in [-0.3, -0.25) is 4.90 Å². The SMILES string of the molecule is CCc1ccc(-c2ccc(CN3CCOCC3)s2)cc1. The van der Waals surface area contributed by atoms with Gasteiger partial charge >= 0.3 is 0 Å². The number of aryl methyl sites for hydroxylation is 1. The standard InChI is InChI=1S/C17H21NOS/c1-2-14-3-5-15(6-4-14)17-8-7-16(20-17)13-18-9-11-19-12-10-18/h3-8H,2,9-13H2,1H3. The third-order valence-corrected chi connectivity index (χ3v) is 4.91. The van der Waals surface area contributed by atoms with E-state index >= 15 is 0 Å². The first-order valence-corrected chi connectivity index (χ1v) is 8.15. The minimum Gasteiger partial charge on any atom is -0.379 e. The summed E-state index contributed by atoms with van der Waals surface area (Å²) in [5, 5.41) is 0. The van der Waals surface area contributed by atoms with E-state index < -0.39 is 0 Å². The van der Waals surface area contributed by atoms with Gasteiger partial charge in [-0.25, -0.2) is 0 Å². The van der Waals surface area contributed by atoms with Gasteiger partial charge in [0.15, 0.2) is 0 Å². The number of morpholine rings is 1. The van der Waals surface area contributed by atoms with Gasteiger partial charge in [0.05, 0.1) is 13.2 Å². The lowest BCUT2D eigenvalue weighted by atomic mass is 10.1. The minimum atomic E-state index is 0.872. The Kier molecular flexibility index (Phi) is 4.51.